The van der Waals surface area contributed by atoms with Gasteiger partial charge in [0, 0.05) is 24.9 Å². The highest BCUT2D eigenvalue weighted by Crippen LogP contribution is 1.96. The summed E-state index contributed by atoms with van der Waals surface area (Å²) in [7, 11) is 0. The molecule has 0 aromatic carbocycles. The van der Waals surface area contributed by atoms with Gasteiger partial charge in [-0.25, -0.2) is 0 Å². The third-order valence-corrected chi connectivity index (χ3v) is 1.72. The summed E-state index contributed by atoms with van der Waals surface area (Å²) in [5, 5.41) is 14.3. The Morgan fingerprint density at radius 3 is 2.29 bits per heavy atom. The molecule has 0 fully saturated rings. The summed E-state index contributed by atoms with van der Waals surface area (Å²) in [6, 6.07) is 0.0363. The Kier molecular flexibility index (Phi) is 5.62. The lowest BCUT2D eigenvalue weighted by atomic mass is 10.1. The maximum Gasteiger partial charge on any atom is 0.218 e. The Labute approximate surface area is 83.3 Å². The van der Waals surface area contributed by atoms with E-state index in [9.17, 15) is 4.79 Å². The molecule has 0 radical (unpaired) electrons. The molecule has 0 aliphatic rings. The van der Waals surface area contributed by atoms with Gasteiger partial charge >= 0.3 is 0 Å². The Hall–Kier alpha value is -1.30. The second-order valence-electron chi connectivity index (χ2n) is 3.43. The first-order chi connectivity index (χ1) is 6.45. The van der Waals surface area contributed by atoms with E-state index < -0.39 is 0 Å². The van der Waals surface area contributed by atoms with Crippen molar-refractivity contribution in [2.75, 3.05) is 0 Å². The van der Waals surface area contributed by atoms with E-state index in [-0.39, 0.29) is 30.2 Å². The number of nitrogens with zero attached hydrogens (tertiary/aromatic N) is 1. The van der Waals surface area contributed by atoms with Crippen molar-refractivity contribution in [3.05, 3.63) is 0 Å². The molecule has 0 aliphatic heterocycles. The normalized spacial score (nSPS) is 16.3. The van der Waals surface area contributed by atoms with E-state index in [2.05, 4.69) is 10.5 Å². The third kappa shape index (κ3) is 6.24. The number of primary amides is 1. The van der Waals surface area contributed by atoms with Gasteiger partial charge in [-0.3, -0.25) is 4.79 Å². The lowest BCUT2D eigenvalue weighted by molar-refractivity contribution is -0.118. The van der Waals surface area contributed by atoms with Gasteiger partial charge in [-0.05, 0) is 13.8 Å². The predicted octanol–water partition coefficient (Wildman–Crippen LogP) is -0.635. The highest BCUT2D eigenvalue weighted by molar-refractivity contribution is 5.80. The van der Waals surface area contributed by atoms with Gasteiger partial charge < -0.3 is 22.0 Å². The molecule has 82 valence electrons. The van der Waals surface area contributed by atoms with Gasteiger partial charge in [0.05, 0.1) is 0 Å². The van der Waals surface area contributed by atoms with Crippen LogP contribution >= 0.6 is 0 Å². The zero-order chi connectivity index (χ0) is 11.1. The van der Waals surface area contributed by atoms with Crippen LogP contribution in [0.3, 0.4) is 0 Å². The van der Waals surface area contributed by atoms with Gasteiger partial charge in [0.25, 0.3) is 0 Å². The van der Waals surface area contributed by atoms with Gasteiger partial charge in [0.15, 0.2) is 0 Å². The van der Waals surface area contributed by atoms with E-state index in [0.29, 0.717) is 6.42 Å². The highest BCUT2D eigenvalue weighted by atomic mass is 16.4. The second-order valence-corrected chi connectivity index (χ2v) is 3.43. The molecular formula is C8H18N4O2. The van der Waals surface area contributed by atoms with E-state index in [0.717, 1.165) is 0 Å². The molecule has 0 heterocycles. The maximum absolute atomic E-state index is 10.6. The number of oxime groups is 1. The van der Waals surface area contributed by atoms with E-state index >= 15 is 0 Å². The molecule has 2 unspecified atom stereocenters. The van der Waals surface area contributed by atoms with E-state index in [4.69, 9.17) is 16.7 Å². The summed E-state index contributed by atoms with van der Waals surface area (Å²) in [5.41, 5.74) is 10.3. The molecule has 14 heavy (non-hydrogen) atoms. The zero-order valence-electron chi connectivity index (χ0n) is 8.53. The van der Waals surface area contributed by atoms with Crippen molar-refractivity contribution >= 4 is 11.7 Å². The number of nitrogens with two attached hydrogens (primary N) is 2. The highest BCUT2D eigenvalue weighted by Gasteiger charge is 2.10. The SMILES string of the molecule is CC(CC(N)=O)NC(C)CC(N)=NO. The topological polar surface area (TPSA) is 114 Å². The van der Waals surface area contributed by atoms with Crippen LogP contribution in [-0.4, -0.2) is 29.0 Å². The van der Waals surface area contributed by atoms with Crippen LogP contribution in [0, 0.1) is 0 Å². The number of rotatable bonds is 6. The van der Waals surface area contributed by atoms with Gasteiger partial charge in [-0.15, -0.1) is 0 Å². The average Bonchev–Trinajstić information content (AvgIpc) is 2.01. The fourth-order valence-electron chi connectivity index (χ4n) is 1.26. The molecule has 1 amide bonds. The largest absolute Gasteiger partial charge is 0.409 e. The molecule has 2 atom stereocenters. The number of carbonyl (C=O) groups is 1. The minimum absolute atomic E-state index is 0.00556. The monoisotopic (exact) mass is 202 g/mol. The van der Waals surface area contributed by atoms with Crippen LogP contribution in [0.25, 0.3) is 0 Å². The first kappa shape index (κ1) is 12.7. The summed E-state index contributed by atoms with van der Waals surface area (Å²) >= 11 is 0. The van der Waals surface area contributed by atoms with Crippen molar-refractivity contribution in [2.45, 2.75) is 38.8 Å². The minimum Gasteiger partial charge on any atom is -0.409 e. The lowest BCUT2D eigenvalue weighted by Crippen LogP contribution is -2.39. The second kappa shape index (κ2) is 6.20. The maximum atomic E-state index is 10.6. The minimum atomic E-state index is -0.346. The lowest BCUT2D eigenvalue weighted by Gasteiger charge is -2.18. The first-order valence-corrected chi connectivity index (χ1v) is 4.46. The van der Waals surface area contributed by atoms with Crippen LogP contribution in [0.1, 0.15) is 26.7 Å². The summed E-state index contributed by atoms with van der Waals surface area (Å²) in [6.45, 7) is 3.74. The van der Waals surface area contributed by atoms with Crippen LogP contribution in [-0.2, 0) is 4.79 Å². The number of hydrogen-bond acceptors (Lipinski definition) is 4. The van der Waals surface area contributed by atoms with Crippen LogP contribution in [0.15, 0.2) is 5.16 Å². The fraction of sp³-hybridized carbons (Fsp3) is 0.750. The molecule has 0 saturated carbocycles. The van der Waals surface area contributed by atoms with Crippen molar-refractivity contribution in [2.24, 2.45) is 16.6 Å². The Balaban J connectivity index is 3.81. The van der Waals surface area contributed by atoms with Gasteiger partial charge in [-0.1, -0.05) is 5.16 Å². The number of hydrogen-bond donors (Lipinski definition) is 4. The standard InChI is InChI=1S/C8H18N4O2/c1-5(3-7(9)12-14)11-6(2)4-8(10)13/h5-6,11,14H,3-4H2,1-2H3,(H2,9,12)(H2,10,13). The van der Waals surface area contributed by atoms with Gasteiger partial charge in [0.2, 0.25) is 5.91 Å². The van der Waals surface area contributed by atoms with Crippen molar-refractivity contribution < 1.29 is 10.0 Å². The van der Waals surface area contributed by atoms with Gasteiger partial charge in [-0.2, -0.15) is 0 Å². The molecular weight excluding hydrogens is 184 g/mol. The summed E-state index contributed by atoms with van der Waals surface area (Å²) in [5.74, 6) is -0.183. The number of amides is 1. The molecule has 6 N–H and O–H groups in total. The smallest absolute Gasteiger partial charge is 0.218 e. The molecule has 0 saturated heterocycles. The summed E-state index contributed by atoms with van der Waals surface area (Å²) in [4.78, 5) is 10.6. The third-order valence-electron chi connectivity index (χ3n) is 1.72. The fourth-order valence-corrected chi connectivity index (χ4v) is 1.26. The van der Waals surface area contributed by atoms with Crippen molar-refractivity contribution in [1.29, 1.82) is 0 Å². The Morgan fingerprint density at radius 2 is 1.86 bits per heavy atom. The molecule has 0 rings (SSSR count). The average molecular weight is 202 g/mol. The molecule has 6 heteroatoms. The zero-order valence-corrected chi connectivity index (χ0v) is 8.53. The predicted molar refractivity (Wildman–Crippen MR) is 53.9 cm³/mol. The summed E-state index contributed by atoms with van der Waals surface area (Å²) in [6.07, 6.45) is 0.708. The van der Waals surface area contributed by atoms with Crippen molar-refractivity contribution in [1.82, 2.24) is 5.32 Å². The van der Waals surface area contributed by atoms with Gasteiger partial charge in [0.1, 0.15) is 5.84 Å². The molecule has 0 aromatic heterocycles. The number of amidine groups is 1. The molecule has 0 spiro atoms. The Morgan fingerprint density at radius 1 is 1.36 bits per heavy atom. The molecule has 0 bridgehead atoms. The molecule has 6 nitrogen and oxygen atoms in total. The quantitative estimate of drug-likeness (QED) is 0.198. The van der Waals surface area contributed by atoms with Crippen LogP contribution in [0.5, 0.6) is 0 Å². The Bertz CT molecular complexity index is 217. The van der Waals surface area contributed by atoms with Crippen LogP contribution in [0.4, 0.5) is 0 Å². The van der Waals surface area contributed by atoms with E-state index in [1.165, 1.54) is 0 Å². The van der Waals surface area contributed by atoms with Crippen LogP contribution in [0.2, 0.25) is 0 Å². The first-order valence-electron chi connectivity index (χ1n) is 4.46. The molecule has 0 aromatic rings. The molecule has 0 aliphatic carbocycles. The van der Waals surface area contributed by atoms with Crippen LogP contribution < -0.4 is 16.8 Å². The summed E-state index contributed by atoms with van der Waals surface area (Å²) < 4.78 is 0. The van der Waals surface area contributed by atoms with Crippen molar-refractivity contribution in [3.8, 4) is 0 Å². The van der Waals surface area contributed by atoms with E-state index in [1.54, 1.807) is 0 Å². The van der Waals surface area contributed by atoms with Crippen molar-refractivity contribution in [3.63, 3.8) is 0 Å². The number of nitrogens with one attached hydrogen (secondary N) is 1. The number of carbonyl (C=O) groups excluding carboxylic acids is 1. The van der Waals surface area contributed by atoms with E-state index in [1.807, 2.05) is 13.8 Å².